The zero-order valence-electron chi connectivity index (χ0n) is 12.2. The van der Waals surface area contributed by atoms with E-state index in [0.29, 0.717) is 12.4 Å². The predicted octanol–water partition coefficient (Wildman–Crippen LogP) is 4.17. The first-order valence-electron chi connectivity index (χ1n) is 6.98. The normalized spacial score (nSPS) is 10.3. The number of halogens is 1. The Hall–Kier alpha value is -2.01. The van der Waals surface area contributed by atoms with E-state index in [1.807, 2.05) is 18.2 Å². The van der Waals surface area contributed by atoms with E-state index in [1.54, 1.807) is 18.2 Å². The molecule has 0 aliphatic carbocycles. The molecule has 5 heteroatoms. The highest BCUT2D eigenvalue weighted by atomic mass is 79.9. The number of para-hydroxylation sites is 1. The molecule has 0 atom stereocenters. The Labute approximate surface area is 137 Å². The second-order valence-corrected chi connectivity index (χ2v) is 5.47. The van der Waals surface area contributed by atoms with Crippen molar-refractivity contribution in [2.75, 3.05) is 13.2 Å². The summed E-state index contributed by atoms with van der Waals surface area (Å²) >= 11 is 3.47. The van der Waals surface area contributed by atoms with E-state index < -0.39 is 5.97 Å². The molecular formula is C17H17BrO4. The SMILES string of the molecule is CCc1ccc(OCCOc2ccccc2C(=O)O)c(Br)c1. The molecular weight excluding hydrogens is 348 g/mol. The molecule has 0 bridgehead atoms. The van der Waals surface area contributed by atoms with Gasteiger partial charge in [-0.15, -0.1) is 0 Å². The highest BCUT2D eigenvalue weighted by Gasteiger charge is 2.10. The fraction of sp³-hybridized carbons (Fsp3) is 0.235. The van der Waals surface area contributed by atoms with Crippen LogP contribution in [0, 0.1) is 0 Å². The van der Waals surface area contributed by atoms with Crippen molar-refractivity contribution in [1.29, 1.82) is 0 Å². The molecule has 0 aliphatic rings. The van der Waals surface area contributed by atoms with Gasteiger partial charge >= 0.3 is 5.97 Å². The Bertz CT molecular complexity index is 655. The van der Waals surface area contributed by atoms with E-state index in [-0.39, 0.29) is 12.2 Å². The lowest BCUT2D eigenvalue weighted by Gasteiger charge is -2.11. The van der Waals surface area contributed by atoms with Crippen LogP contribution < -0.4 is 9.47 Å². The van der Waals surface area contributed by atoms with Crippen molar-refractivity contribution in [2.45, 2.75) is 13.3 Å². The van der Waals surface area contributed by atoms with Crippen LogP contribution in [-0.4, -0.2) is 24.3 Å². The fourth-order valence-corrected chi connectivity index (χ4v) is 2.49. The maximum absolute atomic E-state index is 11.1. The summed E-state index contributed by atoms with van der Waals surface area (Å²) in [6.07, 6.45) is 0.966. The molecule has 116 valence electrons. The molecule has 0 aromatic heterocycles. The molecule has 2 aromatic carbocycles. The first-order valence-corrected chi connectivity index (χ1v) is 7.77. The number of aryl methyl sites for hydroxylation is 1. The van der Waals surface area contributed by atoms with Crippen molar-refractivity contribution in [1.82, 2.24) is 0 Å². The molecule has 0 spiro atoms. The number of carboxylic acid groups (broad SMARTS) is 1. The zero-order chi connectivity index (χ0) is 15.9. The summed E-state index contributed by atoms with van der Waals surface area (Å²) in [6.45, 7) is 2.69. The number of carbonyl (C=O) groups is 1. The van der Waals surface area contributed by atoms with E-state index in [2.05, 4.69) is 22.9 Å². The molecule has 2 aromatic rings. The molecule has 0 amide bonds. The van der Waals surface area contributed by atoms with Crippen molar-refractivity contribution >= 4 is 21.9 Å². The van der Waals surface area contributed by atoms with Crippen molar-refractivity contribution in [3.63, 3.8) is 0 Å². The summed E-state index contributed by atoms with van der Waals surface area (Å²) in [5, 5.41) is 9.07. The lowest BCUT2D eigenvalue weighted by Crippen LogP contribution is -2.11. The Kier molecular flexibility index (Phi) is 5.83. The standard InChI is InChI=1S/C17H17BrO4/c1-2-12-7-8-16(14(18)11-12)22-10-9-21-15-6-4-3-5-13(15)17(19)20/h3-8,11H,2,9-10H2,1H3,(H,19,20). The van der Waals surface area contributed by atoms with E-state index in [1.165, 1.54) is 11.6 Å². The minimum Gasteiger partial charge on any atom is -0.489 e. The molecule has 0 unspecified atom stereocenters. The monoisotopic (exact) mass is 364 g/mol. The number of benzene rings is 2. The van der Waals surface area contributed by atoms with Gasteiger partial charge < -0.3 is 14.6 Å². The van der Waals surface area contributed by atoms with Crippen LogP contribution in [0.25, 0.3) is 0 Å². The van der Waals surface area contributed by atoms with Crippen molar-refractivity contribution < 1.29 is 19.4 Å². The average molecular weight is 365 g/mol. The van der Waals surface area contributed by atoms with E-state index in [9.17, 15) is 4.79 Å². The van der Waals surface area contributed by atoms with Gasteiger partial charge in [0.2, 0.25) is 0 Å². The number of carboxylic acids is 1. The molecule has 1 N–H and O–H groups in total. The van der Waals surface area contributed by atoms with E-state index in [4.69, 9.17) is 14.6 Å². The molecule has 0 saturated heterocycles. The number of hydrogen-bond acceptors (Lipinski definition) is 3. The van der Waals surface area contributed by atoms with Gasteiger partial charge in [-0.3, -0.25) is 0 Å². The highest BCUT2D eigenvalue weighted by molar-refractivity contribution is 9.10. The largest absolute Gasteiger partial charge is 0.489 e. The molecule has 0 saturated carbocycles. The van der Waals surface area contributed by atoms with E-state index >= 15 is 0 Å². The quantitative estimate of drug-likeness (QED) is 0.749. The van der Waals surface area contributed by atoms with Gasteiger partial charge in [0.15, 0.2) is 0 Å². The summed E-state index contributed by atoms with van der Waals surface area (Å²) in [5.74, 6) is 0.0840. The molecule has 0 heterocycles. The van der Waals surface area contributed by atoms with Crippen LogP contribution in [0.4, 0.5) is 0 Å². The van der Waals surface area contributed by atoms with Gasteiger partial charge in [-0.25, -0.2) is 4.79 Å². The topological polar surface area (TPSA) is 55.8 Å². The Morgan fingerprint density at radius 1 is 1.09 bits per heavy atom. The minimum atomic E-state index is -1.01. The van der Waals surface area contributed by atoms with E-state index in [0.717, 1.165) is 16.6 Å². The van der Waals surface area contributed by atoms with Gasteiger partial charge in [0.05, 0.1) is 4.47 Å². The van der Waals surface area contributed by atoms with Gasteiger partial charge in [-0.05, 0) is 52.2 Å². The third-order valence-electron chi connectivity index (χ3n) is 3.12. The molecule has 2 rings (SSSR count). The van der Waals surface area contributed by atoms with Crippen molar-refractivity contribution in [3.05, 3.63) is 58.1 Å². The number of hydrogen-bond donors (Lipinski definition) is 1. The first kappa shape index (κ1) is 16.4. The molecule has 22 heavy (non-hydrogen) atoms. The Balaban J connectivity index is 1.89. The molecule has 0 fully saturated rings. The summed E-state index contributed by atoms with van der Waals surface area (Å²) in [6, 6.07) is 12.5. The van der Waals surface area contributed by atoms with Crippen LogP contribution in [0.15, 0.2) is 46.9 Å². The lowest BCUT2D eigenvalue weighted by atomic mass is 10.2. The maximum atomic E-state index is 11.1. The lowest BCUT2D eigenvalue weighted by molar-refractivity contribution is 0.0691. The van der Waals surface area contributed by atoms with Crippen LogP contribution in [0.3, 0.4) is 0 Å². The Morgan fingerprint density at radius 3 is 2.41 bits per heavy atom. The van der Waals surface area contributed by atoms with Gasteiger partial charge in [0, 0.05) is 0 Å². The third-order valence-corrected chi connectivity index (χ3v) is 3.74. The summed E-state index contributed by atoms with van der Waals surface area (Å²) in [5.41, 5.74) is 1.38. The summed E-state index contributed by atoms with van der Waals surface area (Å²) < 4.78 is 12.0. The average Bonchev–Trinajstić information content (AvgIpc) is 2.52. The number of ether oxygens (including phenoxy) is 2. The zero-order valence-corrected chi connectivity index (χ0v) is 13.8. The smallest absolute Gasteiger partial charge is 0.339 e. The second kappa shape index (κ2) is 7.84. The molecule has 4 nitrogen and oxygen atoms in total. The van der Waals surface area contributed by atoms with Crippen LogP contribution in [0.2, 0.25) is 0 Å². The van der Waals surface area contributed by atoms with Crippen LogP contribution in [0.1, 0.15) is 22.8 Å². The molecule has 0 aliphatic heterocycles. The summed E-state index contributed by atoms with van der Waals surface area (Å²) in [7, 11) is 0. The fourth-order valence-electron chi connectivity index (χ4n) is 1.95. The van der Waals surface area contributed by atoms with Gasteiger partial charge in [0.25, 0.3) is 0 Å². The predicted molar refractivity (Wildman–Crippen MR) is 87.9 cm³/mol. The van der Waals surface area contributed by atoms with Crippen LogP contribution >= 0.6 is 15.9 Å². The van der Waals surface area contributed by atoms with Gasteiger partial charge in [0.1, 0.15) is 30.3 Å². The number of aromatic carboxylic acids is 1. The van der Waals surface area contributed by atoms with Crippen molar-refractivity contribution in [2.24, 2.45) is 0 Å². The van der Waals surface area contributed by atoms with Crippen LogP contribution in [-0.2, 0) is 6.42 Å². The minimum absolute atomic E-state index is 0.149. The van der Waals surface area contributed by atoms with Crippen molar-refractivity contribution in [3.8, 4) is 11.5 Å². The Morgan fingerprint density at radius 2 is 1.77 bits per heavy atom. The van der Waals surface area contributed by atoms with Crippen LogP contribution in [0.5, 0.6) is 11.5 Å². The third kappa shape index (κ3) is 4.24. The highest BCUT2D eigenvalue weighted by Crippen LogP contribution is 2.26. The molecule has 0 radical (unpaired) electrons. The summed E-state index contributed by atoms with van der Waals surface area (Å²) in [4.78, 5) is 11.1. The number of rotatable bonds is 7. The van der Waals surface area contributed by atoms with Gasteiger partial charge in [-0.2, -0.15) is 0 Å². The second-order valence-electron chi connectivity index (χ2n) is 4.62. The first-order chi connectivity index (χ1) is 10.6. The van der Waals surface area contributed by atoms with Gasteiger partial charge in [-0.1, -0.05) is 25.1 Å². The maximum Gasteiger partial charge on any atom is 0.339 e.